The van der Waals surface area contributed by atoms with Crippen molar-refractivity contribution in [2.45, 2.75) is 124 Å². The van der Waals surface area contributed by atoms with E-state index in [0.29, 0.717) is 62.2 Å². The van der Waals surface area contributed by atoms with Gasteiger partial charge in [0.1, 0.15) is 5.75 Å². The third-order valence-electron chi connectivity index (χ3n) is 12.1. The molecule has 0 spiro atoms. The molecule has 7 heteroatoms. The van der Waals surface area contributed by atoms with Crippen LogP contribution in [0.1, 0.15) is 127 Å². The smallest absolute Gasteiger partial charge is 0.333 e. The first kappa shape index (κ1) is 42.3. The Labute approximate surface area is 319 Å². The fourth-order valence-electron chi connectivity index (χ4n) is 8.19. The zero-order chi connectivity index (χ0) is 38.4. The van der Waals surface area contributed by atoms with Crippen molar-refractivity contribution in [3.05, 3.63) is 77.4 Å². The number of esters is 2. The lowest BCUT2D eigenvalue weighted by atomic mass is 9.68. The van der Waals surface area contributed by atoms with Crippen LogP contribution >= 0.6 is 0 Å². The summed E-state index contributed by atoms with van der Waals surface area (Å²) in [6.45, 7) is 15.6. The number of hydrogen-bond donors (Lipinski definition) is 2. The normalized spacial score (nSPS) is 20.4. The highest BCUT2D eigenvalue weighted by Gasteiger charge is 2.31. The van der Waals surface area contributed by atoms with Gasteiger partial charge in [-0.15, -0.1) is 0 Å². The second-order valence-corrected chi connectivity index (χ2v) is 16.2. The summed E-state index contributed by atoms with van der Waals surface area (Å²) in [6, 6.07) is 13.5. The molecule has 0 unspecified atom stereocenters. The summed E-state index contributed by atoms with van der Waals surface area (Å²) in [6.07, 6.45) is 14.4. The number of rotatable bonds is 20. The summed E-state index contributed by atoms with van der Waals surface area (Å²) in [5.74, 6) is 3.30. The molecule has 2 aromatic rings. The maximum atomic E-state index is 12.1. The summed E-state index contributed by atoms with van der Waals surface area (Å²) in [7, 11) is 0. The first-order chi connectivity index (χ1) is 25.5. The Balaban J connectivity index is 1.56. The number of ether oxygens (including phenoxy) is 3. The van der Waals surface area contributed by atoms with Gasteiger partial charge in [-0.05, 0) is 155 Å². The molecule has 0 radical (unpaired) electrons. The van der Waals surface area contributed by atoms with Crippen LogP contribution in [0.15, 0.2) is 60.7 Å². The summed E-state index contributed by atoms with van der Waals surface area (Å²) >= 11 is 0. The van der Waals surface area contributed by atoms with E-state index in [1.165, 1.54) is 56.9 Å². The second kappa shape index (κ2) is 20.9. The van der Waals surface area contributed by atoms with Crippen LogP contribution in [0.4, 0.5) is 0 Å². The average molecular weight is 731 g/mol. The van der Waals surface area contributed by atoms with E-state index in [0.717, 1.165) is 45.8 Å². The molecule has 2 fully saturated rings. The SMILES string of the molecule is C=C(C)C(=O)OCCCc1cc(-c2ccc(C3CCC(C4CCC(C)CC4)CC3)cc2)cc(CCCOC(=O)C(=C)C)c1OCCC(CC)(CO)CO. The van der Waals surface area contributed by atoms with Crippen LogP contribution in [0.25, 0.3) is 11.1 Å². The molecule has 0 aliphatic heterocycles. The number of carbonyl (C=O) groups is 2. The lowest BCUT2D eigenvalue weighted by Crippen LogP contribution is -2.31. The van der Waals surface area contributed by atoms with Gasteiger partial charge in [0.2, 0.25) is 0 Å². The topological polar surface area (TPSA) is 102 Å². The van der Waals surface area contributed by atoms with Gasteiger partial charge in [-0.3, -0.25) is 0 Å². The van der Waals surface area contributed by atoms with Crippen molar-refractivity contribution in [2.24, 2.45) is 23.2 Å². The maximum Gasteiger partial charge on any atom is 0.333 e. The van der Waals surface area contributed by atoms with E-state index in [1.807, 2.05) is 6.92 Å². The molecule has 292 valence electrons. The summed E-state index contributed by atoms with van der Waals surface area (Å²) in [4.78, 5) is 24.2. The molecule has 0 saturated heterocycles. The Morgan fingerprint density at radius 2 is 1.23 bits per heavy atom. The molecule has 2 aromatic carbocycles. The Morgan fingerprint density at radius 1 is 0.736 bits per heavy atom. The van der Waals surface area contributed by atoms with Gasteiger partial charge < -0.3 is 24.4 Å². The fraction of sp³-hybridized carbons (Fsp3) is 0.609. The molecule has 4 rings (SSSR count). The summed E-state index contributed by atoms with van der Waals surface area (Å²) < 4.78 is 17.4. The van der Waals surface area contributed by atoms with Gasteiger partial charge >= 0.3 is 11.9 Å². The predicted molar refractivity (Wildman–Crippen MR) is 213 cm³/mol. The Hall–Kier alpha value is -3.42. The third-order valence-corrected chi connectivity index (χ3v) is 12.1. The van der Waals surface area contributed by atoms with Gasteiger partial charge in [0.25, 0.3) is 0 Å². The number of aryl methyl sites for hydroxylation is 2. The third kappa shape index (κ3) is 12.3. The molecule has 2 N–H and O–H groups in total. The quantitative estimate of drug-likeness (QED) is 0.0795. The van der Waals surface area contributed by atoms with Crippen molar-refractivity contribution in [1.29, 1.82) is 0 Å². The first-order valence-electron chi connectivity index (χ1n) is 20.2. The number of hydrogen-bond acceptors (Lipinski definition) is 7. The van der Waals surface area contributed by atoms with Gasteiger partial charge in [-0.2, -0.15) is 0 Å². The minimum Gasteiger partial charge on any atom is -0.493 e. The summed E-state index contributed by atoms with van der Waals surface area (Å²) in [5.41, 5.74) is 5.74. The molecular formula is C46H66O7. The van der Waals surface area contributed by atoms with E-state index in [1.54, 1.807) is 13.8 Å². The van der Waals surface area contributed by atoms with Crippen LogP contribution in [-0.4, -0.2) is 55.2 Å². The minimum absolute atomic E-state index is 0.124. The maximum absolute atomic E-state index is 12.1. The molecule has 2 saturated carbocycles. The lowest BCUT2D eigenvalue weighted by molar-refractivity contribution is -0.139. The highest BCUT2D eigenvalue weighted by molar-refractivity contribution is 5.87. The van der Waals surface area contributed by atoms with Crippen LogP contribution in [0, 0.1) is 23.2 Å². The molecular weight excluding hydrogens is 664 g/mol. The largest absolute Gasteiger partial charge is 0.493 e. The van der Waals surface area contributed by atoms with E-state index in [2.05, 4.69) is 56.5 Å². The van der Waals surface area contributed by atoms with E-state index in [9.17, 15) is 19.8 Å². The fourth-order valence-corrected chi connectivity index (χ4v) is 8.19. The zero-order valence-corrected chi connectivity index (χ0v) is 33.1. The highest BCUT2D eigenvalue weighted by atomic mass is 16.5. The van der Waals surface area contributed by atoms with Crippen LogP contribution in [0.3, 0.4) is 0 Å². The van der Waals surface area contributed by atoms with Gasteiger partial charge in [0, 0.05) is 16.6 Å². The van der Waals surface area contributed by atoms with Crippen LogP contribution in [-0.2, 0) is 31.9 Å². The molecule has 0 aromatic heterocycles. The van der Waals surface area contributed by atoms with E-state index < -0.39 is 17.4 Å². The minimum atomic E-state index is -0.622. The standard InChI is InChI=1S/C46H66O7/c1-7-46(30-47,31-48)24-27-51-43-40(10-8-25-52-44(49)32(2)3)28-42(29-41(43)11-9-26-53-45(50)33(4)5)39-22-20-38(21-23-39)37-18-16-36(17-19-37)35-14-12-34(6)13-15-35/h20-23,28-29,34-37,47-48H,2,4,7-19,24-27,30-31H2,1,3,5-6H3. The van der Waals surface area contributed by atoms with Crippen molar-refractivity contribution in [2.75, 3.05) is 33.0 Å². The van der Waals surface area contributed by atoms with Gasteiger partial charge in [0.15, 0.2) is 0 Å². The molecule has 0 amide bonds. The van der Waals surface area contributed by atoms with E-state index in [4.69, 9.17) is 14.2 Å². The number of aliphatic hydroxyl groups is 2. The van der Waals surface area contributed by atoms with E-state index in [-0.39, 0.29) is 26.4 Å². The van der Waals surface area contributed by atoms with Crippen molar-refractivity contribution < 1.29 is 34.0 Å². The number of aliphatic hydroxyl groups excluding tert-OH is 2. The summed E-state index contributed by atoms with van der Waals surface area (Å²) in [5, 5.41) is 20.1. The first-order valence-corrected chi connectivity index (χ1v) is 20.2. The highest BCUT2D eigenvalue weighted by Crippen LogP contribution is 2.44. The lowest BCUT2D eigenvalue weighted by Gasteiger charge is -2.37. The van der Waals surface area contributed by atoms with Crippen molar-refractivity contribution in [1.82, 2.24) is 0 Å². The van der Waals surface area contributed by atoms with Crippen LogP contribution in [0.2, 0.25) is 0 Å². The number of carbonyl (C=O) groups excluding carboxylic acids is 2. The van der Waals surface area contributed by atoms with Crippen LogP contribution in [0.5, 0.6) is 5.75 Å². The molecule has 0 heterocycles. The van der Waals surface area contributed by atoms with Crippen LogP contribution < -0.4 is 4.74 Å². The second-order valence-electron chi connectivity index (χ2n) is 16.2. The van der Waals surface area contributed by atoms with Crippen molar-refractivity contribution in [3.63, 3.8) is 0 Å². The van der Waals surface area contributed by atoms with Crippen molar-refractivity contribution in [3.8, 4) is 16.9 Å². The Morgan fingerprint density at radius 3 is 1.68 bits per heavy atom. The van der Waals surface area contributed by atoms with Gasteiger partial charge in [-0.25, -0.2) is 9.59 Å². The molecule has 7 nitrogen and oxygen atoms in total. The molecule has 0 bridgehead atoms. The Kier molecular flexibility index (Phi) is 16.7. The zero-order valence-electron chi connectivity index (χ0n) is 33.1. The van der Waals surface area contributed by atoms with E-state index >= 15 is 0 Å². The molecule has 0 atom stereocenters. The number of benzene rings is 2. The molecule has 2 aliphatic rings. The Bertz CT molecular complexity index is 1420. The molecule has 2 aliphatic carbocycles. The predicted octanol–water partition coefficient (Wildman–Crippen LogP) is 9.71. The molecule has 53 heavy (non-hydrogen) atoms. The van der Waals surface area contributed by atoms with Crippen molar-refractivity contribution >= 4 is 11.9 Å². The monoisotopic (exact) mass is 730 g/mol. The van der Waals surface area contributed by atoms with Gasteiger partial charge in [0.05, 0.1) is 33.0 Å². The van der Waals surface area contributed by atoms with Gasteiger partial charge in [-0.1, -0.05) is 64.1 Å². The average Bonchev–Trinajstić information content (AvgIpc) is 3.17.